The lowest BCUT2D eigenvalue weighted by molar-refractivity contribution is -0.119. The predicted octanol–water partition coefficient (Wildman–Crippen LogP) is 4.92. The maximum absolute atomic E-state index is 12.2. The third-order valence-electron chi connectivity index (χ3n) is 4.10. The van der Waals surface area contributed by atoms with E-state index in [1.807, 2.05) is 37.3 Å². The van der Waals surface area contributed by atoms with Gasteiger partial charge in [0, 0.05) is 0 Å². The van der Waals surface area contributed by atoms with Gasteiger partial charge in [0.1, 0.15) is 0 Å². The number of nitrogens with zero attached hydrogens (tertiary/aromatic N) is 2. The van der Waals surface area contributed by atoms with Gasteiger partial charge in [0.15, 0.2) is 0 Å². The fraction of sp³-hybridized carbons (Fsp3) is 0.250. The minimum absolute atomic E-state index is 0.0645. The van der Waals surface area contributed by atoms with Crippen molar-refractivity contribution in [1.29, 1.82) is 0 Å². The van der Waals surface area contributed by atoms with Crippen molar-refractivity contribution in [3.63, 3.8) is 0 Å². The standard InChI is InChI=1S/C20H20ClN3O2S/c1-3-14-8-10-15(11-9-14)13(2)22-18(25)12-27-20-24-23-19(26-20)16-6-4-5-7-17(16)21/h4-11,13H,3,12H2,1-2H3,(H,22,25). The molecule has 0 aliphatic carbocycles. The second-order valence-electron chi connectivity index (χ2n) is 6.03. The summed E-state index contributed by atoms with van der Waals surface area (Å²) in [5, 5.41) is 11.8. The SMILES string of the molecule is CCc1ccc(C(C)NC(=O)CSc2nnc(-c3ccccc3Cl)o2)cc1. The highest BCUT2D eigenvalue weighted by molar-refractivity contribution is 7.99. The smallest absolute Gasteiger partial charge is 0.277 e. The van der Waals surface area contributed by atoms with Crippen LogP contribution in [0.4, 0.5) is 0 Å². The quantitative estimate of drug-likeness (QED) is 0.569. The molecule has 0 bridgehead atoms. The third kappa shape index (κ3) is 5.11. The van der Waals surface area contributed by atoms with Gasteiger partial charge < -0.3 is 9.73 Å². The lowest BCUT2D eigenvalue weighted by Gasteiger charge is -2.14. The summed E-state index contributed by atoms with van der Waals surface area (Å²) in [6.07, 6.45) is 0.998. The summed E-state index contributed by atoms with van der Waals surface area (Å²) in [6, 6.07) is 15.4. The molecule has 2 aromatic carbocycles. The second-order valence-corrected chi connectivity index (χ2v) is 7.36. The Bertz CT molecular complexity index is 912. The first-order valence-corrected chi connectivity index (χ1v) is 10.0. The third-order valence-corrected chi connectivity index (χ3v) is 5.25. The Balaban J connectivity index is 1.54. The van der Waals surface area contributed by atoms with Crippen molar-refractivity contribution in [2.45, 2.75) is 31.5 Å². The molecule has 0 aliphatic heterocycles. The number of nitrogens with one attached hydrogen (secondary N) is 1. The van der Waals surface area contributed by atoms with E-state index in [0.717, 1.165) is 12.0 Å². The maximum atomic E-state index is 12.2. The summed E-state index contributed by atoms with van der Waals surface area (Å²) in [6.45, 7) is 4.08. The molecular weight excluding hydrogens is 382 g/mol. The summed E-state index contributed by atoms with van der Waals surface area (Å²) in [7, 11) is 0. The van der Waals surface area contributed by atoms with Crippen LogP contribution in [0, 0.1) is 0 Å². The minimum Gasteiger partial charge on any atom is -0.411 e. The molecule has 140 valence electrons. The molecule has 0 aliphatic rings. The average molecular weight is 402 g/mol. The molecule has 1 aromatic heterocycles. The van der Waals surface area contributed by atoms with E-state index in [0.29, 0.717) is 21.7 Å². The lowest BCUT2D eigenvalue weighted by atomic mass is 10.1. The van der Waals surface area contributed by atoms with Crippen LogP contribution in [-0.2, 0) is 11.2 Å². The van der Waals surface area contributed by atoms with Crippen LogP contribution >= 0.6 is 23.4 Å². The van der Waals surface area contributed by atoms with Gasteiger partial charge in [0.2, 0.25) is 11.8 Å². The van der Waals surface area contributed by atoms with Gasteiger partial charge in [0.05, 0.1) is 22.4 Å². The van der Waals surface area contributed by atoms with Gasteiger partial charge in [-0.2, -0.15) is 0 Å². The number of amides is 1. The zero-order valence-electron chi connectivity index (χ0n) is 15.1. The highest BCUT2D eigenvalue weighted by Crippen LogP contribution is 2.28. The monoisotopic (exact) mass is 401 g/mol. The summed E-state index contributed by atoms with van der Waals surface area (Å²) in [5.74, 6) is 0.444. The Morgan fingerprint density at radius 3 is 2.63 bits per heavy atom. The minimum atomic E-state index is -0.0930. The van der Waals surface area contributed by atoms with E-state index in [-0.39, 0.29) is 17.7 Å². The van der Waals surface area contributed by atoms with Crippen molar-refractivity contribution in [3.8, 4) is 11.5 Å². The van der Waals surface area contributed by atoms with Gasteiger partial charge in [-0.25, -0.2) is 0 Å². The molecule has 1 heterocycles. The van der Waals surface area contributed by atoms with Crippen LogP contribution in [0.15, 0.2) is 58.2 Å². The number of aromatic nitrogens is 2. The zero-order valence-corrected chi connectivity index (χ0v) is 16.7. The first-order chi connectivity index (χ1) is 13.1. The molecule has 3 aromatic rings. The molecule has 1 N–H and O–H groups in total. The summed E-state index contributed by atoms with van der Waals surface area (Å²) < 4.78 is 5.59. The number of carbonyl (C=O) groups excluding carboxylic acids is 1. The number of rotatable bonds is 7. The molecule has 7 heteroatoms. The van der Waals surface area contributed by atoms with Crippen LogP contribution in [0.3, 0.4) is 0 Å². The van der Waals surface area contributed by atoms with E-state index in [1.165, 1.54) is 17.3 Å². The number of aryl methyl sites for hydroxylation is 1. The molecule has 0 spiro atoms. The Labute approximate surface area is 167 Å². The van der Waals surface area contributed by atoms with Crippen molar-refractivity contribution in [2.24, 2.45) is 0 Å². The fourth-order valence-electron chi connectivity index (χ4n) is 2.55. The molecule has 0 radical (unpaired) electrons. The first kappa shape index (κ1) is 19.5. The number of thioether (sulfide) groups is 1. The van der Waals surface area contributed by atoms with Crippen LogP contribution in [0.2, 0.25) is 5.02 Å². The van der Waals surface area contributed by atoms with Crippen molar-refractivity contribution < 1.29 is 9.21 Å². The van der Waals surface area contributed by atoms with Crippen LogP contribution in [-0.4, -0.2) is 21.9 Å². The maximum Gasteiger partial charge on any atom is 0.277 e. The summed E-state index contributed by atoms with van der Waals surface area (Å²) >= 11 is 7.33. The van der Waals surface area contributed by atoms with Gasteiger partial charge in [0.25, 0.3) is 5.22 Å². The van der Waals surface area contributed by atoms with E-state index in [4.69, 9.17) is 16.0 Å². The van der Waals surface area contributed by atoms with E-state index in [1.54, 1.807) is 6.07 Å². The van der Waals surface area contributed by atoms with Gasteiger partial charge >= 0.3 is 0 Å². The lowest BCUT2D eigenvalue weighted by Crippen LogP contribution is -2.28. The van der Waals surface area contributed by atoms with Crippen LogP contribution in [0.1, 0.15) is 31.0 Å². The molecule has 0 fully saturated rings. The van der Waals surface area contributed by atoms with Crippen molar-refractivity contribution in [2.75, 3.05) is 5.75 Å². The summed E-state index contributed by atoms with van der Waals surface area (Å²) in [5.41, 5.74) is 3.02. The van der Waals surface area contributed by atoms with E-state index < -0.39 is 0 Å². The van der Waals surface area contributed by atoms with Gasteiger partial charge in [-0.3, -0.25) is 4.79 Å². The topological polar surface area (TPSA) is 68.0 Å². The number of benzene rings is 2. The van der Waals surface area contributed by atoms with E-state index in [9.17, 15) is 4.79 Å². The van der Waals surface area contributed by atoms with Gasteiger partial charge in [-0.15, -0.1) is 10.2 Å². The van der Waals surface area contributed by atoms with Crippen molar-refractivity contribution >= 4 is 29.3 Å². The van der Waals surface area contributed by atoms with Crippen LogP contribution in [0.5, 0.6) is 0 Å². The molecule has 1 atom stereocenters. The van der Waals surface area contributed by atoms with Crippen molar-refractivity contribution in [1.82, 2.24) is 15.5 Å². The summed E-state index contributed by atoms with van der Waals surface area (Å²) in [4.78, 5) is 12.2. The molecule has 5 nitrogen and oxygen atoms in total. The molecule has 1 unspecified atom stereocenters. The highest BCUT2D eigenvalue weighted by Gasteiger charge is 2.14. The Morgan fingerprint density at radius 1 is 1.19 bits per heavy atom. The highest BCUT2D eigenvalue weighted by atomic mass is 35.5. The number of hydrogen-bond donors (Lipinski definition) is 1. The molecule has 3 rings (SSSR count). The molecular formula is C20H20ClN3O2S. The van der Waals surface area contributed by atoms with E-state index >= 15 is 0 Å². The molecule has 0 saturated heterocycles. The molecule has 1 amide bonds. The Morgan fingerprint density at radius 2 is 1.93 bits per heavy atom. The van der Waals surface area contributed by atoms with Crippen LogP contribution < -0.4 is 5.32 Å². The average Bonchev–Trinajstić information content (AvgIpc) is 3.15. The molecule has 0 saturated carbocycles. The number of halogens is 1. The number of hydrogen-bond acceptors (Lipinski definition) is 5. The predicted molar refractivity (Wildman–Crippen MR) is 108 cm³/mol. The van der Waals surface area contributed by atoms with Gasteiger partial charge in [-0.1, -0.05) is 66.7 Å². The Kier molecular flexibility index (Phi) is 6.53. The normalized spacial score (nSPS) is 12.0. The van der Waals surface area contributed by atoms with E-state index in [2.05, 4.69) is 34.6 Å². The Hall–Kier alpha value is -2.31. The first-order valence-electron chi connectivity index (χ1n) is 8.66. The number of carbonyl (C=O) groups is 1. The zero-order chi connectivity index (χ0) is 19.2. The van der Waals surface area contributed by atoms with Gasteiger partial charge in [-0.05, 0) is 36.6 Å². The largest absolute Gasteiger partial charge is 0.411 e. The second kappa shape index (κ2) is 9.06. The van der Waals surface area contributed by atoms with Crippen molar-refractivity contribution in [3.05, 3.63) is 64.7 Å². The fourth-order valence-corrected chi connectivity index (χ4v) is 3.34. The molecule has 27 heavy (non-hydrogen) atoms. The van der Waals surface area contributed by atoms with Crippen LogP contribution in [0.25, 0.3) is 11.5 Å².